The summed E-state index contributed by atoms with van der Waals surface area (Å²) >= 11 is 1.68. The average Bonchev–Trinajstić information content (AvgIpc) is 3.25. The normalized spacial score (nSPS) is 22.7. The number of anilines is 1. The number of para-hydroxylation sites is 1. The molecule has 24 heavy (non-hydrogen) atoms. The number of nitrogens with one attached hydrogen (secondary N) is 1. The number of benzene rings is 1. The van der Waals surface area contributed by atoms with Gasteiger partial charge < -0.3 is 15.0 Å². The highest BCUT2D eigenvalue weighted by molar-refractivity contribution is 7.10. The maximum Gasteiger partial charge on any atom is 0.265 e. The van der Waals surface area contributed by atoms with Crippen molar-refractivity contribution in [3.63, 3.8) is 0 Å². The number of carbonyl (C=O) groups excluding carboxylic acids is 2. The number of hydrogen-bond donors (Lipinski definition) is 1. The van der Waals surface area contributed by atoms with Crippen LogP contribution in [0, 0.1) is 0 Å². The number of carbonyl (C=O) groups is 2. The summed E-state index contributed by atoms with van der Waals surface area (Å²) in [5.41, 5.74) is 1.08. The van der Waals surface area contributed by atoms with Crippen molar-refractivity contribution in [3.8, 4) is 5.75 Å². The molecule has 4 rings (SSSR count). The molecule has 0 bridgehead atoms. The molecule has 1 aromatic carbocycles. The fraction of sp³-hybridized carbons (Fsp3) is 0.333. The first-order chi connectivity index (χ1) is 11.6. The van der Waals surface area contributed by atoms with Crippen LogP contribution in [0.25, 0.3) is 0 Å². The van der Waals surface area contributed by atoms with Crippen LogP contribution < -0.4 is 10.1 Å². The van der Waals surface area contributed by atoms with Crippen molar-refractivity contribution < 1.29 is 14.3 Å². The van der Waals surface area contributed by atoms with Gasteiger partial charge in [-0.05, 0) is 43.3 Å². The Hall–Kier alpha value is -2.34. The predicted molar refractivity (Wildman–Crippen MR) is 92.5 cm³/mol. The molecule has 0 aliphatic carbocycles. The number of ether oxygens (including phenoxy) is 1. The molecule has 6 heteroatoms. The quantitative estimate of drug-likeness (QED) is 0.909. The second-order valence-corrected chi connectivity index (χ2v) is 7.08. The van der Waals surface area contributed by atoms with Gasteiger partial charge in [0.15, 0.2) is 11.9 Å². The summed E-state index contributed by atoms with van der Waals surface area (Å²) < 4.78 is 5.72. The highest BCUT2D eigenvalue weighted by Crippen LogP contribution is 2.39. The molecule has 2 unspecified atom stereocenters. The molecule has 2 amide bonds. The largest absolute Gasteiger partial charge is 0.478 e. The van der Waals surface area contributed by atoms with Crippen LogP contribution in [0.3, 0.4) is 0 Å². The van der Waals surface area contributed by atoms with Crippen molar-refractivity contribution in [2.45, 2.75) is 31.9 Å². The lowest BCUT2D eigenvalue weighted by molar-refractivity contribution is -0.122. The van der Waals surface area contributed by atoms with E-state index in [1.165, 1.54) is 4.88 Å². The highest BCUT2D eigenvalue weighted by atomic mass is 32.1. The van der Waals surface area contributed by atoms with Crippen LogP contribution in [0.15, 0.2) is 35.7 Å². The van der Waals surface area contributed by atoms with Crippen LogP contribution in [-0.4, -0.2) is 29.4 Å². The minimum atomic E-state index is -0.599. The average molecular weight is 342 g/mol. The van der Waals surface area contributed by atoms with Gasteiger partial charge >= 0.3 is 0 Å². The first-order valence-corrected chi connectivity index (χ1v) is 8.98. The molecule has 0 radical (unpaired) electrons. The maximum absolute atomic E-state index is 13.2. The molecule has 2 aromatic rings. The van der Waals surface area contributed by atoms with Crippen LogP contribution in [-0.2, 0) is 4.79 Å². The third kappa shape index (κ3) is 2.47. The summed E-state index contributed by atoms with van der Waals surface area (Å²) in [7, 11) is 0. The Bertz CT molecular complexity index is 788. The van der Waals surface area contributed by atoms with Crippen LogP contribution in [0.5, 0.6) is 5.75 Å². The van der Waals surface area contributed by atoms with Gasteiger partial charge in [-0.1, -0.05) is 12.1 Å². The fourth-order valence-corrected chi connectivity index (χ4v) is 4.21. The third-order valence-corrected chi connectivity index (χ3v) is 5.53. The second kappa shape index (κ2) is 5.94. The lowest BCUT2D eigenvalue weighted by Gasteiger charge is -2.28. The number of hydrogen-bond acceptors (Lipinski definition) is 4. The fourth-order valence-electron chi connectivity index (χ4n) is 3.34. The molecule has 1 saturated heterocycles. The first-order valence-electron chi connectivity index (χ1n) is 8.10. The summed E-state index contributed by atoms with van der Waals surface area (Å²) in [6, 6.07) is 9.54. The Morgan fingerprint density at radius 2 is 2.21 bits per heavy atom. The summed E-state index contributed by atoms with van der Waals surface area (Å²) in [6.07, 6.45) is 1.38. The van der Waals surface area contributed by atoms with Crippen molar-refractivity contribution in [1.29, 1.82) is 0 Å². The smallest absolute Gasteiger partial charge is 0.265 e. The number of rotatable bonds is 2. The standard InChI is InChI=1S/C18H18N2O3S/c1-11-17(21)19-13-6-2-5-12(16(13)23-11)18(22)20-9-3-7-14(20)15-8-4-10-24-15/h2,4-6,8,10-11,14H,3,7,9H2,1H3,(H,19,21). The summed E-state index contributed by atoms with van der Waals surface area (Å²) in [6.45, 7) is 2.43. The van der Waals surface area contributed by atoms with Gasteiger partial charge in [0.1, 0.15) is 0 Å². The topological polar surface area (TPSA) is 58.6 Å². The SMILES string of the molecule is CC1Oc2c(cccc2C(=O)N2CCCC2c2cccs2)NC1=O. The first kappa shape index (κ1) is 15.2. The number of likely N-dealkylation sites (tertiary alicyclic amines) is 1. The second-order valence-electron chi connectivity index (χ2n) is 6.10. The summed E-state index contributed by atoms with van der Waals surface area (Å²) in [5, 5.41) is 4.84. The molecule has 124 valence electrons. The minimum absolute atomic E-state index is 0.0360. The van der Waals surface area contributed by atoms with Crippen molar-refractivity contribution in [2.75, 3.05) is 11.9 Å². The van der Waals surface area contributed by atoms with Crippen LogP contribution in [0.2, 0.25) is 0 Å². The Morgan fingerprint density at radius 1 is 1.33 bits per heavy atom. The lowest BCUT2D eigenvalue weighted by atomic mass is 10.1. The van der Waals surface area contributed by atoms with E-state index in [4.69, 9.17) is 4.74 Å². The van der Waals surface area contributed by atoms with Gasteiger partial charge in [0.2, 0.25) is 0 Å². The van der Waals surface area contributed by atoms with Crippen LogP contribution in [0.4, 0.5) is 5.69 Å². The van der Waals surface area contributed by atoms with Gasteiger partial charge in [-0.15, -0.1) is 11.3 Å². The molecular formula is C18H18N2O3S. The molecule has 2 aliphatic heterocycles. The zero-order valence-electron chi connectivity index (χ0n) is 13.3. The van der Waals surface area contributed by atoms with E-state index in [9.17, 15) is 9.59 Å². The van der Waals surface area contributed by atoms with Gasteiger partial charge in [0, 0.05) is 11.4 Å². The number of amides is 2. The maximum atomic E-state index is 13.2. The molecule has 1 fully saturated rings. The Labute approximate surface area is 144 Å². The monoisotopic (exact) mass is 342 g/mol. The van der Waals surface area contributed by atoms with Gasteiger partial charge in [-0.25, -0.2) is 0 Å². The van der Waals surface area contributed by atoms with E-state index in [1.807, 2.05) is 16.3 Å². The van der Waals surface area contributed by atoms with E-state index in [-0.39, 0.29) is 17.9 Å². The highest BCUT2D eigenvalue weighted by Gasteiger charge is 2.34. The zero-order valence-corrected chi connectivity index (χ0v) is 14.1. The zero-order chi connectivity index (χ0) is 16.7. The number of nitrogens with zero attached hydrogens (tertiary/aromatic N) is 1. The Kier molecular flexibility index (Phi) is 3.76. The molecule has 0 saturated carbocycles. The molecule has 1 aromatic heterocycles. The molecule has 0 spiro atoms. The van der Waals surface area contributed by atoms with Gasteiger partial charge in [0.05, 0.1) is 17.3 Å². The molecule has 3 heterocycles. The van der Waals surface area contributed by atoms with Gasteiger partial charge in [-0.2, -0.15) is 0 Å². The van der Waals surface area contributed by atoms with E-state index in [0.29, 0.717) is 17.0 Å². The van der Waals surface area contributed by atoms with Crippen molar-refractivity contribution in [3.05, 3.63) is 46.2 Å². The molecule has 2 atom stereocenters. The van der Waals surface area contributed by atoms with Crippen molar-refractivity contribution in [1.82, 2.24) is 4.90 Å². The third-order valence-electron chi connectivity index (χ3n) is 4.55. The molecule has 5 nitrogen and oxygen atoms in total. The van der Waals surface area contributed by atoms with E-state index in [2.05, 4.69) is 11.4 Å². The van der Waals surface area contributed by atoms with Gasteiger partial charge in [-0.3, -0.25) is 9.59 Å². The molecule has 1 N–H and O–H groups in total. The van der Waals surface area contributed by atoms with Gasteiger partial charge in [0.25, 0.3) is 11.8 Å². The molecule has 2 aliphatic rings. The summed E-state index contributed by atoms with van der Waals surface area (Å²) in [5.74, 6) is 0.252. The van der Waals surface area contributed by atoms with E-state index in [1.54, 1.807) is 36.5 Å². The Balaban J connectivity index is 1.68. The summed E-state index contributed by atoms with van der Waals surface area (Å²) in [4.78, 5) is 28.1. The van der Waals surface area contributed by atoms with Crippen LogP contribution in [0.1, 0.15) is 41.0 Å². The van der Waals surface area contributed by atoms with E-state index < -0.39 is 6.10 Å². The van der Waals surface area contributed by atoms with Crippen molar-refractivity contribution in [2.24, 2.45) is 0 Å². The van der Waals surface area contributed by atoms with Crippen LogP contribution >= 0.6 is 11.3 Å². The predicted octanol–water partition coefficient (Wildman–Crippen LogP) is 3.44. The minimum Gasteiger partial charge on any atom is -0.478 e. The Morgan fingerprint density at radius 3 is 3.00 bits per heavy atom. The lowest BCUT2D eigenvalue weighted by Crippen LogP contribution is -2.36. The molecular weight excluding hydrogens is 324 g/mol. The number of fused-ring (bicyclic) bond motifs is 1. The number of thiophene rings is 1. The van der Waals surface area contributed by atoms with Crippen molar-refractivity contribution >= 4 is 28.8 Å². The van der Waals surface area contributed by atoms with E-state index >= 15 is 0 Å². The van der Waals surface area contributed by atoms with E-state index in [0.717, 1.165) is 19.4 Å².